The number of ether oxygens (including phenoxy) is 4. The molecule has 0 heterocycles. The Morgan fingerprint density at radius 2 is 0.514 bits per heavy atom. The lowest BCUT2D eigenvalue weighted by molar-refractivity contribution is -0.161. The van der Waals surface area contributed by atoms with Crippen molar-refractivity contribution < 1.29 is 80.2 Å². The van der Waals surface area contributed by atoms with E-state index in [1.165, 1.54) is 218 Å². The van der Waals surface area contributed by atoms with Crippen LogP contribution in [-0.4, -0.2) is 96.7 Å². The van der Waals surface area contributed by atoms with Gasteiger partial charge in [0.05, 0.1) is 26.4 Å². The van der Waals surface area contributed by atoms with E-state index < -0.39 is 97.5 Å². The van der Waals surface area contributed by atoms with Crippen molar-refractivity contribution in [2.75, 3.05) is 39.6 Å². The Morgan fingerprint density at radius 1 is 0.295 bits per heavy atom. The smallest absolute Gasteiger partial charge is 0.462 e. The lowest BCUT2D eigenvalue weighted by atomic mass is 10.0. The summed E-state index contributed by atoms with van der Waals surface area (Å²) in [6.45, 7) is 11.9. The van der Waals surface area contributed by atoms with Gasteiger partial charge in [-0.25, -0.2) is 9.13 Å². The second kappa shape index (κ2) is 75.6. The predicted molar refractivity (Wildman–Crippen MR) is 432 cm³/mol. The zero-order chi connectivity index (χ0) is 77.2. The van der Waals surface area contributed by atoms with E-state index in [1.807, 2.05) is 0 Å². The van der Waals surface area contributed by atoms with E-state index in [0.717, 1.165) is 121 Å². The number of carbonyl (C=O) groups is 4. The van der Waals surface area contributed by atoms with Gasteiger partial charge in [-0.3, -0.25) is 37.3 Å². The molecule has 0 saturated heterocycles. The summed E-state index contributed by atoms with van der Waals surface area (Å²) in [5.74, 6) is 0.196. The van der Waals surface area contributed by atoms with Gasteiger partial charge in [-0.05, 0) is 69.1 Å². The maximum Gasteiger partial charge on any atom is 0.472 e. The van der Waals surface area contributed by atoms with Crippen molar-refractivity contribution in [2.24, 2.45) is 17.8 Å². The van der Waals surface area contributed by atoms with Crippen LogP contribution in [0.4, 0.5) is 0 Å². The van der Waals surface area contributed by atoms with Crippen LogP contribution in [-0.2, 0) is 65.4 Å². The molecule has 19 heteroatoms. The Bertz CT molecular complexity index is 2120. The number of aliphatic hydroxyl groups is 1. The van der Waals surface area contributed by atoms with E-state index in [2.05, 4.69) is 72.8 Å². The minimum Gasteiger partial charge on any atom is -0.462 e. The van der Waals surface area contributed by atoms with Gasteiger partial charge >= 0.3 is 39.5 Å². The molecule has 0 aliphatic rings. The monoisotopic (exact) mass is 1530 g/mol. The van der Waals surface area contributed by atoms with E-state index in [0.29, 0.717) is 31.6 Å². The normalized spacial score (nSPS) is 14.0. The molecule has 0 radical (unpaired) electrons. The maximum atomic E-state index is 13.1. The quantitative estimate of drug-likeness (QED) is 0.0169. The predicted octanol–water partition coefficient (Wildman–Crippen LogP) is 25.6. The molecule has 3 N–H and O–H groups in total. The first kappa shape index (κ1) is 103. The van der Waals surface area contributed by atoms with Crippen molar-refractivity contribution in [1.29, 1.82) is 0 Å². The van der Waals surface area contributed by atoms with Crippen molar-refractivity contribution in [3.63, 3.8) is 0 Å². The molecule has 0 fully saturated rings. The molecule has 3 unspecified atom stereocenters. The van der Waals surface area contributed by atoms with Crippen molar-refractivity contribution in [3.05, 3.63) is 24.3 Å². The summed E-state index contributed by atoms with van der Waals surface area (Å²) in [5, 5.41) is 10.7. The van der Waals surface area contributed by atoms with E-state index in [-0.39, 0.29) is 25.7 Å². The van der Waals surface area contributed by atoms with Crippen LogP contribution in [0.15, 0.2) is 24.3 Å². The molecule has 0 spiro atoms. The van der Waals surface area contributed by atoms with Gasteiger partial charge in [0.1, 0.15) is 19.3 Å². The summed E-state index contributed by atoms with van der Waals surface area (Å²) in [4.78, 5) is 73.2. The number of phosphoric ester groups is 2. The highest BCUT2D eigenvalue weighted by atomic mass is 31.2. The second-order valence-electron chi connectivity index (χ2n) is 31.7. The van der Waals surface area contributed by atoms with Gasteiger partial charge in [-0.1, -0.05) is 375 Å². The maximum absolute atomic E-state index is 13.1. The lowest BCUT2D eigenvalue weighted by Crippen LogP contribution is -2.30. The van der Waals surface area contributed by atoms with Gasteiger partial charge in [0, 0.05) is 25.7 Å². The summed E-state index contributed by atoms with van der Waals surface area (Å²) >= 11 is 0. The van der Waals surface area contributed by atoms with E-state index in [1.54, 1.807) is 0 Å². The minimum absolute atomic E-state index is 0.0843. The zero-order valence-corrected chi connectivity index (χ0v) is 70.5. The molecule has 0 aliphatic heterocycles. The first-order valence-corrected chi connectivity index (χ1v) is 46.7. The van der Waals surface area contributed by atoms with Crippen LogP contribution < -0.4 is 0 Å². The van der Waals surface area contributed by atoms with Gasteiger partial charge in [0.15, 0.2) is 12.2 Å². The summed E-state index contributed by atoms with van der Waals surface area (Å²) in [5.41, 5.74) is 0. The largest absolute Gasteiger partial charge is 0.472 e. The van der Waals surface area contributed by atoms with Crippen LogP contribution in [0.3, 0.4) is 0 Å². The number of aliphatic hydroxyl groups excluding tert-OH is 1. The van der Waals surface area contributed by atoms with E-state index >= 15 is 0 Å². The third-order valence-corrected chi connectivity index (χ3v) is 21.4. The number of carbonyl (C=O) groups excluding carboxylic acids is 4. The number of hydrogen-bond donors (Lipinski definition) is 3. The third-order valence-electron chi connectivity index (χ3n) is 19.5. The molecule has 0 aliphatic carbocycles. The van der Waals surface area contributed by atoms with Crippen molar-refractivity contribution in [2.45, 2.75) is 446 Å². The molecule has 0 bridgehead atoms. The Hall–Kier alpha value is -2.46. The van der Waals surface area contributed by atoms with Crippen molar-refractivity contribution >= 4 is 39.5 Å². The Morgan fingerprint density at radius 3 is 0.771 bits per heavy atom. The highest BCUT2D eigenvalue weighted by Crippen LogP contribution is 2.45. The fourth-order valence-corrected chi connectivity index (χ4v) is 14.4. The Balaban J connectivity index is 5.25. The number of phosphoric acid groups is 2. The Labute approximate surface area is 643 Å². The topological polar surface area (TPSA) is 237 Å². The molecule has 0 saturated carbocycles. The minimum atomic E-state index is -4.97. The molecule has 17 nitrogen and oxygen atoms in total. The summed E-state index contributed by atoms with van der Waals surface area (Å²) in [6.07, 6.45) is 69.0. The fraction of sp³-hybridized carbons (Fsp3) is 0.907. The summed E-state index contributed by atoms with van der Waals surface area (Å²) < 4.78 is 68.8. The molecule has 105 heavy (non-hydrogen) atoms. The standard InChI is InChI=1S/C86H164O17P2/c1-8-9-10-11-12-13-14-15-22-30-35-40-47-55-62-69-86(91)103-82(74-97-84(89)68-61-54-49-42-45-52-59-66-79(6)7)76-101-105(94,95)99-72-80(87)71-98-104(92,93)100-75-81(73-96-83(88)67-60-53-46-39-34-29-25-21-20-24-28-33-38-44-51-58-65-78(4)5)102-85(90)70-63-56-48-41-36-31-26-19-17-16-18-23-27-32-37-43-50-57-64-77(2)3/h13-15,22,77-82,87H,8-12,16-21,23-76H2,1-7H3,(H,92,93)(H,94,95)/b14-13-,22-15-/t80?,81-,82-/m1/s1. The lowest BCUT2D eigenvalue weighted by Gasteiger charge is -2.21. The molecule has 0 aromatic rings. The van der Waals surface area contributed by atoms with Gasteiger partial charge in [-0.2, -0.15) is 0 Å². The fourth-order valence-electron chi connectivity index (χ4n) is 12.8. The molecule has 0 aromatic carbocycles. The number of allylic oxidation sites excluding steroid dienone is 4. The number of unbranched alkanes of at least 4 members (excludes halogenated alkanes) is 47. The van der Waals surface area contributed by atoms with Crippen LogP contribution in [0.1, 0.15) is 427 Å². The molecule has 0 rings (SSSR count). The zero-order valence-electron chi connectivity index (χ0n) is 68.7. The van der Waals surface area contributed by atoms with Crippen LogP contribution in [0, 0.1) is 17.8 Å². The molecule has 0 aromatic heterocycles. The van der Waals surface area contributed by atoms with Crippen LogP contribution in [0.2, 0.25) is 0 Å². The Kier molecular flexibility index (Phi) is 73.8. The number of hydrogen-bond acceptors (Lipinski definition) is 15. The summed E-state index contributed by atoms with van der Waals surface area (Å²) in [7, 11) is -9.94. The molecule has 0 amide bonds. The van der Waals surface area contributed by atoms with Gasteiger partial charge < -0.3 is 33.8 Å². The van der Waals surface area contributed by atoms with E-state index in [9.17, 15) is 43.2 Å². The van der Waals surface area contributed by atoms with Gasteiger partial charge in [-0.15, -0.1) is 0 Å². The van der Waals surface area contributed by atoms with Gasteiger partial charge in [0.2, 0.25) is 0 Å². The first-order chi connectivity index (χ1) is 50.7. The number of rotatable bonds is 82. The van der Waals surface area contributed by atoms with Crippen LogP contribution in [0.5, 0.6) is 0 Å². The van der Waals surface area contributed by atoms with Gasteiger partial charge in [0.25, 0.3) is 0 Å². The second-order valence-corrected chi connectivity index (χ2v) is 34.6. The highest BCUT2D eigenvalue weighted by Gasteiger charge is 2.30. The van der Waals surface area contributed by atoms with E-state index in [4.69, 9.17) is 37.0 Å². The molecule has 5 atom stereocenters. The molecular formula is C86H164O17P2. The van der Waals surface area contributed by atoms with Crippen molar-refractivity contribution in [1.82, 2.24) is 0 Å². The first-order valence-electron chi connectivity index (χ1n) is 43.7. The van der Waals surface area contributed by atoms with Crippen LogP contribution in [0.25, 0.3) is 0 Å². The molecular weight excluding hydrogens is 1370 g/mol. The van der Waals surface area contributed by atoms with Crippen molar-refractivity contribution in [3.8, 4) is 0 Å². The SMILES string of the molecule is CCCCCC/C=C\C=C/CCCCCCCC(=O)O[C@H](COC(=O)CCCCCCCCCC(C)C)COP(=O)(O)OCC(O)COP(=O)(O)OC[C@@H](COC(=O)CCCCCCCCCCCCCCCCCCC(C)C)OC(=O)CCCCCCCCCCCCCCCCCCCCC(C)C. The summed E-state index contributed by atoms with van der Waals surface area (Å²) in [6, 6.07) is 0. The average molecular weight is 1530 g/mol. The number of esters is 4. The third kappa shape index (κ3) is 79.4. The average Bonchev–Trinajstić information content (AvgIpc) is 0.903. The van der Waals surface area contributed by atoms with Crippen LogP contribution >= 0.6 is 15.6 Å². The molecule has 620 valence electrons. The highest BCUT2D eigenvalue weighted by molar-refractivity contribution is 7.47.